The van der Waals surface area contributed by atoms with Gasteiger partial charge in [-0.3, -0.25) is 4.79 Å². The minimum Gasteiger partial charge on any atom is -0.273 e. The number of nitrogens with zero attached hydrogens (tertiary/aromatic N) is 1. The number of sulfonamides is 2. The zero-order valence-electron chi connectivity index (χ0n) is 14.8. The highest BCUT2D eigenvalue weighted by molar-refractivity contribution is 7.94. The fraction of sp³-hybridized carbons (Fsp3) is 0.533. The van der Waals surface area contributed by atoms with Crippen molar-refractivity contribution in [3.05, 3.63) is 23.3 Å². The maximum atomic E-state index is 12.8. The molecule has 27 heavy (non-hydrogen) atoms. The number of hydrogen-bond donors (Lipinski definition) is 1. The molecule has 0 aromatic heterocycles. The monoisotopic (exact) mass is 436 g/mol. The second-order valence-electron chi connectivity index (χ2n) is 6.85. The first-order valence-electron chi connectivity index (χ1n) is 8.22. The lowest BCUT2D eigenvalue weighted by Crippen LogP contribution is -2.36. The van der Waals surface area contributed by atoms with Gasteiger partial charge in [0.25, 0.3) is 0 Å². The number of rotatable bonds is 4. The molecule has 0 radical (unpaired) electrons. The van der Waals surface area contributed by atoms with E-state index in [9.17, 15) is 30.0 Å². The minimum atomic E-state index is -4.01. The maximum absolute atomic E-state index is 12.8. The van der Waals surface area contributed by atoms with Crippen LogP contribution in [0, 0.1) is 13.8 Å². The molecule has 1 amide bonds. The number of benzene rings is 1. The summed E-state index contributed by atoms with van der Waals surface area (Å²) in [6.07, 6.45) is 0.0937. The number of aryl methyl sites for hydroxylation is 2. The van der Waals surface area contributed by atoms with Gasteiger partial charge in [0, 0.05) is 12.5 Å². The summed E-state index contributed by atoms with van der Waals surface area (Å²) in [5.41, 5.74) is 0.649. The van der Waals surface area contributed by atoms with Gasteiger partial charge in [-0.05, 0) is 43.5 Å². The highest BCUT2D eigenvalue weighted by Crippen LogP contribution is 2.31. The van der Waals surface area contributed by atoms with Crippen LogP contribution < -0.4 is 9.03 Å². The number of carbonyl (C=O) groups is 1. The van der Waals surface area contributed by atoms with Crippen LogP contribution in [0.25, 0.3) is 0 Å². The van der Waals surface area contributed by atoms with Crippen LogP contribution in [0.2, 0.25) is 0 Å². The average molecular weight is 437 g/mol. The quantitative estimate of drug-likeness (QED) is 0.692. The lowest BCUT2D eigenvalue weighted by atomic mass is 10.1. The van der Waals surface area contributed by atoms with Crippen LogP contribution in [0.3, 0.4) is 0 Å². The summed E-state index contributed by atoms with van der Waals surface area (Å²) < 4.78 is 75.9. The SMILES string of the molecule is Cc1cc(N2C(=O)CCS2(=O)=O)cc(C)c1S(=O)(=O)N[C@@H]1CCS(=O)(=O)C1. The number of hydrogen-bond acceptors (Lipinski definition) is 7. The van der Waals surface area contributed by atoms with Gasteiger partial charge < -0.3 is 0 Å². The molecule has 3 rings (SSSR count). The number of sulfone groups is 1. The third kappa shape index (κ3) is 3.89. The molecule has 2 aliphatic rings. The van der Waals surface area contributed by atoms with Gasteiger partial charge >= 0.3 is 0 Å². The zero-order chi connectivity index (χ0) is 20.2. The summed E-state index contributed by atoms with van der Waals surface area (Å²) in [7, 11) is -11.0. The van der Waals surface area contributed by atoms with E-state index in [4.69, 9.17) is 0 Å². The van der Waals surface area contributed by atoms with Crippen LogP contribution in [-0.4, -0.2) is 54.5 Å². The Morgan fingerprint density at radius 1 is 1.07 bits per heavy atom. The Labute approximate surface area is 158 Å². The smallest absolute Gasteiger partial charge is 0.242 e. The molecule has 2 aliphatic heterocycles. The van der Waals surface area contributed by atoms with Crippen LogP contribution in [0.1, 0.15) is 24.0 Å². The highest BCUT2D eigenvalue weighted by Gasteiger charge is 2.37. The van der Waals surface area contributed by atoms with Gasteiger partial charge in [0.2, 0.25) is 26.0 Å². The summed E-state index contributed by atoms with van der Waals surface area (Å²) in [6.45, 7) is 3.01. The molecule has 1 aromatic rings. The fourth-order valence-electron chi connectivity index (χ4n) is 3.50. The molecule has 1 atom stereocenters. The van der Waals surface area contributed by atoms with Gasteiger partial charge in [-0.1, -0.05) is 0 Å². The minimum absolute atomic E-state index is 0.0420. The molecule has 12 heteroatoms. The van der Waals surface area contributed by atoms with Crippen LogP contribution in [-0.2, 0) is 34.7 Å². The molecule has 0 bridgehead atoms. The molecule has 1 aromatic carbocycles. The average Bonchev–Trinajstić information content (AvgIpc) is 2.95. The fourth-order valence-corrected chi connectivity index (χ4v) is 8.45. The predicted molar refractivity (Wildman–Crippen MR) is 99.2 cm³/mol. The zero-order valence-corrected chi connectivity index (χ0v) is 17.2. The topological polar surface area (TPSA) is 135 Å². The molecule has 2 fully saturated rings. The Morgan fingerprint density at radius 3 is 2.11 bits per heavy atom. The van der Waals surface area contributed by atoms with Crippen LogP contribution in [0.4, 0.5) is 5.69 Å². The molecule has 0 spiro atoms. The highest BCUT2D eigenvalue weighted by atomic mass is 32.2. The lowest BCUT2D eigenvalue weighted by Gasteiger charge is -2.20. The van der Waals surface area contributed by atoms with Crippen molar-refractivity contribution in [1.29, 1.82) is 0 Å². The lowest BCUT2D eigenvalue weighted by molar-refractivity contribution is -0.116. The van der Waals surface area contributed by atoms with Crippen molar-refractivity contribution >= 4 is 41.5 Å². The van der Waals surface area contributed by atoms with E-state index >= 15 is 0 Å². The van der Waals surface area contributed by atoms with E-state index in [1.54, 1.807) is 0 Å². The third-order valence-corrected chi connectivity index (χ3v) is 9.86. The third-order valence-electron chi connectivity index (χ3n) is 4.58. The molecule has 9 nitrogen and oxygen atoms in total. The molecule has 0 saturated carbocycles. The first-order valence-corrected chi connectivity index (χ1v) is 13.1. The summed E-state index contributed by atoms with van der Waals surface area (Å²) in [4.78, 5) is 11.9. The van der Waals surface area contributed by atoms with Crippen molar-refractivity contribution in [2.45, 2.75) is 37.6 Å². The van der Waals surface area contributed by atoms with Crippen LogP contribution in [0.5, 0.6) is 0 Å². The van der Waals surface area contributed by atoms with E-state index in [0.29, 0.717) is 4.31 Å². The van der Waals surface area contributed by atoms with E-state index in [1.807, 2.05) is 0 Å². The van der Waals surface area contributed by atoms with Crippen molar-refractivity contribution in [2.24, 2.45) is 0 Å². The van der Waals surface area contributed by atoms with Crippen LogP contribution in [0.15, 0.2) is 17.0 Å². The molecular formula is C15H20N2O7S3. The largest absolute Gasteiger partial charge is 0.273 e. The van der Waals surface area contributed by atoms with Gasteiger partial charge in [-0.2, -0.15) is 0 Å². The van der Waals surface area contributed by atoms with Crippen molar-refractivity contribution in [3.8, 4) is 0 Å². The first kappa shape index (κ1) is 20.2. The first-order chi connectivity index (χ1) is 12.3. The van der Waals surface area contributed by atoms with E-state index in [2.05, 4.69) is 4.72 Å². The van der Waals surface area contributed by atoms with E-state index in [0.717, 1.165) is 0 Å². The van der Waals surface area contributed by atoms with Crippen molar-refractivity contribution in [3.63, 3.8) is 0 Å². The molecule has 2 saturated heterocycles. The summed E-state index contributed by atoms with van der Waals surface area (Å²) in [5.74, 6) is -1.14. The van der Waals surface area contributed by atoms with E-state index < -0.39 is 41.8 Å². The summed E-state index contributed by atoms with van der Waals surface area (Å²) in [6, 6.07) is 1.99. The molecule has 2 heterocycles. The Kier molecular flexibility index (Phi) is 4.90. The Balaban J connectivity index is 1.97. The Hall–Kier alpha value is -1.50. The molecule has 0 aliphatic carbocycles. The second-order valence-corrected chi connectivity index (χ2v) is 12.7. The molecule has 150 valence electrons. The van der Waals surface area contributed by atoms with Crippen molar-refractivity contribution in [2.75, 3.05) is 21.6 Å². The maximum Gasteiger partial charge on any atom is 0.242 e. The Morgan fingerprint density at radius 2 is 1.67 bits per heavy atom. The van der Waals surface area contributed by atoms with Crippen LogP contribution >= 0.6 is 0 Å². The van der Waals surface area contributed by atoms with Crippen molar-refractivity contribution in [1.82, 2.24) is 4.72 Å². The van der Waals surface area contributed by atoms with Gasteiger partial charge in [-0.25, -0.2) is 34.3 Å². The molecule has 1 N–H and O–H groups in total. The standard InChI is InChI=1S/C15H20N2O7S3/c1-10-7-13(17-14(18)4-6-26(17,21)22)8-11(2)15(10)27(23,24)16-12-3-5-25(19,20)9-12/h7-8,12,16H,3-6,9H2,1-2H3/t12-/m1/s1. The number of anilines is 1. The summed E-state index contributed by atoms with van der Waals surface area (Å²) in [5, 5.41) is 0. The summed E-state index contributed by atoms with van der Waals surface area (Å²) >= 11 is 0. The predicted octanol–water partition coefficient (Wildman–Crippen LogP) is -0.165. The molecular weight excluding hydrogens is 416 g/mol. The van der Waals surface area contributed by atoms with Crippen molar-refractivity contribution < 1.29 is 30.0 Å². The second kappa shape index (κ2) is 6.54. The van der Waals surface area contributed by atoms with Gasteiger partial charge in [0.1, 0.15) is 0 Å². The number of nitrogens with one attached hydrogen (secondary N) is 1. The Bertz CT molecular complexity index is 1100. The van der Waals surface area contributed by atoms with Gasteiger partial charge in [-0.15, -0.1) is 0 Å². The molecule has 0 unspecified atom stereocenters. The number of carbonyl (C=O) groups excluding carboxylic acids is 1. The normalized spacial score (nSPS) is 24.4. The van der Waals surface area contributed by atoms with E-state index in [-0.39, 0.29) is 51.8 Å². The van der Waals surface area contributed by atoms with Gasteiger partial charge in [0.05, 0.1) is 27.8 Å². The number of amides is 1. The van der Waals surface area contributed by atoms with E-state index in [1.165, 1.54) is 26.0 Å². The van der Waals surface area contributed by atoms with Gasteiger partial charge in [0.15, 0.2) is 9.84 Å².